The first kappa shape index (κ1) is 63.8. The second-order valence-corrected chi connectivity index (χ2v) is 17.6. The summed E-state index contributed by atoms with van der Waals surface area (Å²) in [6.45, 7) is 3.55. The molecule has 0 aromatic carbocycles. The van der Waals surface area contributed by atoms with Gasteiger partial charge in [0.25, 0.3) is 0 Å². The molecule has 0 aromatic heterocycles. The molecule has 392 valence electrons. The molecule has 1 aliphatic rings. The zero-order valence-corrected chi connectivity index (χ0v) is 43.2. The molecule has 1 heterocycles. The number of ether oxygens (including phenoxy) is 2. The minimum Gasteiger partial charge on any atom is -0.394 e. The fraction of sp³-hybridized carbons (Fsp3) is 0.557. The van der Waals surface area contributed by atoms with Crippen molar-refractivity contribution in [3.05, 3.63) is 158 Å². The Kier molecular flexibility index (Phi) is 44.2. The molecule has 1 aliphatic heterocycles. The van der Waals surface area contributed by atoms with Gasteiger partial charge in [0, 0.05) is 6.42 Å². The van der Waals surface area contributed by atoms with Gasteiger partial charge in [-0.1, -0.05) is 204 Å². The molecule has 6 N–H and O–H groups in total. The quantitative estimate of drug-likeness (QED) is 0.0262. The van der Waals surface area contributed by atoms with Crippen LogP contribution in [-0.4, -0.2) is 87.5 Å². The summed E-state index contributed by atoms with van der Waals surface area (Å²) in [6, 6.07) is -0.837. The van der Waals surface area contributed by atoms with E-state index < -0.39 is 49.5 Å². The van der Waals surface area contributed by atoms with Crippen LogP contribution < -0.4 is 5.32 Å². The first-order valence-electron chi connectivity index (χ1n) is 26.7. The topological polar surface area (TPSA) is 149 Å². The van der Waals surface area contributed by atoms with Crippen LogP contribution in [0.1, 0.15) is 162 Å². The van der Waals surface area contributed by atoms with Gasteiger partial charge in [-0.25, -0.2) is 0 Å². The Morgan fingerprint density at radius 2 is 0.886 bits per heavy atom. The number of amides is 1. The lowest BCUT2D eigenvalue weighted by molar-refractivity contribution is -0.302. The van der Waals surface area contributed by atoms with Gasteiger partial charge >= 0.3 is 0 Å². The Morgan fingerprint density at radius 3 is 1.31 bits per heavy atom. The Bertz CT molecular complexity index is 1640. The van der Waals surface area contributed by atoms with E-state index in [9.17, 15) is 30.3 Å². The summed E-state index contributed by atoms with van der Waals surface area (Å²) in [5, 5.41) is 54.0. The summed E-state index contributed by atoms with van der Waals surface area (Å²) in [7, 11) is 0. The molecule has 7 atom stereocenters. The predicted molar refractivity (Wildman–Crippen MR) is 294 cm³/mol. The van der Waals surface area contributed by atoms with Crippen molar-refractivity contribution in [3.8, 4) is 0 Å². The average molecular weight is 970 g/mol. The normalized spacial score (nSPS) is 20.7. The molecule has 0 aliphatic carbocycles. The van der Waals surface area contributed by atoms with Gasteiger partial charge in [-0.05, 0) is 109 Å². The fourth-order valence-corrected chi connectivity index (χ4v) is 7.13. The molecule has 1 saturated heterocycles. The van der Waals surface area contributed by atoms with Crippen molar-refractivity contribution >= 4 is 5.91 Å². The van der Waals surface area contributed by atoms with Crippen LogP contribution in [0.2, 0.25) is 0 Å². The Balaban J connectivity index is 2.19. The second-order valence-electron chi connectivity index (χ2n) is 17.6. The van der Waals surface area contributed by atoms with E-state index in [1.807, 2.05) is 6.08 Å². The van der Waals surface area contributed by atoms with E-state index in [1.54, 1.807) is 6.08 Å². The van der Waals surface area contributed by atoms with Crippen molar-refractivity contribution in [2.75, 3.05) is 13.2 Å². The molecule has 7 unspecified atom stereocenters. The Hall–Kier alpha value is -4.19. The highest BCUT2D eigenvalue weighted by atomic mass is 16.7. The van der Waals surface area contributed by atoms with Gasteiger partial charge < -0.3 is 40.3 Å². The lowest BCUT2D eigenvalue weighted by atomic mass is 9.99. The number of carbonyl (C=O) groups excluding carboxylic acids is 1. The minimum atomic E-state index is -1.58. The zero-order chi connectivity index (χ0) is 50.8. The maximum absolute atomic E-state index is 12.9. The van der Waals surface area contributed by atoms with E-state index in [2.05, 4.69) is 165 Å². The number of rotatable bonds is 42. The lowest BCUT2D eigenvalue weighted by Crippen LogP contribution is -2.60. The van der Waals surface area contributed by atoms with Gasteiger partial charge in [-0.15, -0.1) is 0 Å². The third-order valence-electron chi connectivity index (χ3n) is 11.4. The van der Waals surface area contributed by atoms with E-state index in [0.29, 0.717) is 6.42 Å². The Labute approximate surface area is 425 Å². The van der Waals surface area contributed by atoms with Crippen LogP contribution in [0.4, 0.5) is 0 Å². The molecule has 0 radical (unpaired) electrons. The highest BCUT2D eigenvalue weighted by Crippen LogP contribution is 2.22. The largest absolute Gasteiger partial charge is 0.394 e. The fourth-order valence-electron chi connectivity index (χ4n) is 7.13. The third kappa shape index (κ3) is 37.6. The summed E-state index contributed by atoms with van der Waals surface area (Å²) in [4.78, 5) is 12.9. The number of aliphatic hydroxyl groups excluding tert-OH is 5. The molecule has 1 fully saturated rings. The van der Waals surface area contributed by atoms with Crippen molar-refractivity contribution < 1.29 is 39.8 Å². The van der Waals surface area contributed by atoms with Gasteiger partial charge in [0.2, 0.25) is 5.91 Å². The van der Waals surface area contributed by atoms with Crippen LogP contribution >= 0.6 is 0 Å². The smallest absolute Gasteiger partial charge is 0.220 e. The number of allylic oxidation sites excluding steroid dienone is 25. The molecule has 0 aromatic rings. The molecule has 0 bridgehead atoms. The van der Waals surface area contributed by atoms with Gasteiger partial charge in [-0.2, -0.15) is 0 Å². The monoisotopic (exact) mass is 970 g/mol. The van der Waals surface area contributed by atoms with Crippen molar-refractivity contribution in [3.63, 3.8) is 0 Å². The van der Waals surface area contributed by atoms with Crippen molar-refractivity contribution in [2.24, 2.45) is 0 Å². The lowest BCUT2D eigenvalue weighted by Gasteiger charge is -2.40. The van der Waals surface area contributed by atoms with Crippen molar-refractivity contribution in [1.29, 1.82) is 0 Å². The minimum absolute atomic E-state index is 0.218. The molecule has 1 amide bonds. The van der Waals surface area contributed by atoms with E-state index >= 15 is 0 Å². The number of carbonyl (C=O) groups is 1. The molecule has 0 spiro atoms. The molecule has 70 heavy (non-hydrogen) atoms. The average Bonchev–Trinajstić information content (AvgIpc) is 3.36. The van der Waals surface area contributed by atoms with Crippen LogP contribution in [0.15, 0.2) is 158 Å². The summed E-state index contributed by atoms with van der Waals surface area (Å²) < 4.78 is 11.2. The molecule has 0 saturated carbocycles. The predicted octanol–water partition coefficient (Wildman–Crippen LogP) is 12.9. The number of nitrogens with one attached hydrogen (secondary N) is 1. The Morgan fingerprint density at radius 1 is 0.500 bits per heavy atom. The molecular weight excluding hydrogens is 875 g/mol. The summed E-state index contributed by atoms with van der Waals surface area (Å²) >= 11 is 0. The maximum Gasteiger partial charge on any atom is 0.220 e. The van der Waals surface area contributed by atoms with E-state index in [4.69, 9.17) is 9.47 Å². The number of hydrogen-bond acceptors (Lipinski definition) is 8. The van der Waals surface area contributed by atoms with Gasteiger partial charge in [-0.3, -0.25) is 4.79 Å². The SMILES string of the molecule is CC/C=C\C/C=C\C/C=C\C/C=C\C/C=C\C/C=C\C/C=C\C/C=C\C/C=C\C/C=C\C/C=C\C/C=C\CCCCC(=O)NC(COC1OC(CO)C(O)C(O)C1O)C(O)/C=C/CCCCCCCC. The third-order valence-corrected chi connectivity index (χ3v) is 11.4. The molecular formula is C61H95NO8. The van der Waals surface area contributed by atoms with Crippen LogP contribution in [0.25, 0.3) is 0 Å². The van der Waals surface area contributed by atoms with Crippen LogP contribution in [0.5, 0.6) is 0 Å². The van der Waals surface area contributed by atoms with Crippen molar-refractivity contribution in [2.45, 2.75) is 204 Å². The summed E-state index contributed by atoms with van der Waals surface area (Å²) in [5.74, 6) is -0.231. The van der Waals surface area contributed by atoms with E-state index in [0.717, 1.165) is 109 Å². The standard InChI is InChI=1S/C61H95NO8/c1-3-5-7-9-11-13-14-15-16-17-18-19-20-21-22-23-24-25-26-27-28-29-30-31-32-33-34-35-36-37-38-39-40-41-42-43-45-47-49-51-57(65)62-54(55(64)50-48-46-44-12-10-8-6-4-2)53-69-61-60(68)59(67)58(66)56(52-63)70-61/h5,7,11,13,15-16,18-19,21-22,24-25,27-28,30-31,33-34,36-37,39-40,42-43,48,50,54-56,58-61,63-64,66-68H,3-4,6,8-10,12,14,17,20,23,26,29,32,35,38,41,44-47,49,51-53H2,1-2H3,(H,62,65)/b7-5-,13-11-,16-15-,19-18-,22-21-,25-24-,28-27-,31-30-,34-33-,37-36-,40-39-,43-42-,50-48+. The van der Waals surface area contributed by atoms with E-state index in [-0.39, 0.29) is 18.9 Å². The van der Waals surface area contributed by atoms with Crippen LogP contribution in [0, 0.1) is 0 Å². The van der Waals surface area contributed by atoms with Gasteiger partial charge in [0.05, 0.1) is 25.4 Å². The number of aliphatic hydroxyl groups is 5. The second kappa shape index (κ2) is 48.4. The highest BCUT2D eigenvalue weighted by molar-refractivity contribution is 5.76. The first-order chi connectivity index (χ1) is 34.3. The van der Waals surface area contributed by atoms with Crippen molar-refractivity contribution in [1.82, 2.24) is 5.32 Å². The van der Waals surface area contributed by atoms with Crippen LogP contribution in [0.3, 0.4) is 0 Å². The summed E-state index contributed by atoms with van der Waals surface area (Å²) in [5.41, 5.74) is 0. The molecule has 9 nitrogen and oxygen atoms in total. The summed E-state index contributed by atoms with van der Waals surface area (Å²) in [6.07, 6.45) is 70.4. The maximum atomic E-state index is 12.9. The molecule has 9 heteroatoms. The van der Waals surface area contributed by atoms with Gasteiger partial charge in [0.1, 0.15) is 24.4 Å². The molecule has 1 rings (SSSR count). The number of hydrogen-bond donors (Lipinski definition) is 6. The highest BCUT2D eigenvalue weighted by Gasteiger charge is 2.44. The van der Waals surface area contributed by atoms with E-state index in [1.165, 1.54) is 25.7 Å². The van der Waals surface area contributed by atoms with Crippen LogP contribution in [-0.2, 0) is 14.3 Å². The zero-order valence-electron chi connectivity index (χ0n) is 43.2. The number of unbranched alkanes of at least 4 members (excludes halogenated alkanes) is 8. The van der Waals surface area contributed by atoms with Gasteiger partial charge in [0.15, 0.2) is 6.29 Å². The first-order valence-corrected chi connectivity index (χ1v) is 26.7.